The molecule has 0 unspecified atom stereocenters. The fourth-order valence-corrected chi connectivity index (χ4v) is 5.19. The van der Waals surface area contributed by atoms with E-state index in [1.165, 1.54) is 16.9 Å². The van der Waals surface area contributed by atoms with Gasteiger partial charge in [-0.1, -0.05) is 6.07 Å². The molecule has 0 fully saturated rings. The fourth-order valence-electron chi connectivity index (χ4n) is 2.13. The fraction of sp³-hybridized carbons (Fsp3) is 0.125. The van der Waals surface area contributed by atoms with E-state index in [1.807, 2.05) is 23.8 Å². The lowest BCUT2D eigenvalue weighted by atomic mass is 10.2. The molecular formula is C16H16BrClN4S3. The number of anilines is 2. The van der Waals surface area contributed by atoms with Gasteiger partial charge in [0.05, 0.1) is 20.5 Å². The molecule has 2 heterocycles. The highest BCUT2D eigenvalue weighted by Crippen LogP contribution is 2.39. The van der Waals surface area contributed by atoms with Crippen molar-refractivity contribution in [2.75, 3.05) is 11.6 Å². The lowest BCUT2D eigenvalue weighted by Gasteiger charge is -2.06. The van der Waals surface area contributed by atoms with E-state index < -0.39 is 0 Å². The molecule has 0 aliphatic carbocycles. The Kier molecular flexibility index (Phi) is 6.93. The van der Waals surface area contributed by atoms with Crippen LogP contribution in [0.25, 0.3) is 11.3 Å². The topological polar surface area (TPSA) is 74.8 Å². The first kappa shape index (κ1) is 20.3. The second-order valence-electron chi connectivity index (χ2n) is 5.08. The SMILES string of the molecule is CSc1sc(C(=N)N)cc1-c1csc(Nc2ccc(C)cc2Br)n1.Cl. The van der Waals surface area contributed by atoms with E-state index in [2.05, 4.69) is 45.3 Å². The minimum atomic E-state index is 0. The van der Waals surface area contributed by atoms with E-state index >= 15 is 0 Å². The van der Waals surface area contributed by atoms with Crippen molar-refractivity contribution in [2.24, 2.45) is 5.73 Å². The number of nitrogens with one attached hydrogen (secondary N) is 2. The zero-order valence-corrected chi connectivity index (χ0v) is 18.3. The van der Waals surface area contributed by atoms with E-state index in [0.29, 0.717) is 0 Å². The standard InChI is InChI=1S/C16H15BrN4S3.ClH/c1-8-3-4-11(10(17)5-8)20-16-21-12(7-23-16)9-6-13(14(18)19)24-15(9)22-2;/h3-7H,1-2H3,(H3,18,19)(H,20,21);1H. The highest BCUT2D eigenvalue weighted by molar-refractivity contribution is 9.10. The van der Waals surface area contributed by atoms with Gasteiger partial charge in [-0.25, -0.2) is 4.98 Å². The second kappa shape index (κ2) is 8.55. The van der Waals surface area contributed by atoms with Gasteiger partial charge in [0.1, 0.15) is 5.84 Å². The van der Waals surface area contributed by atoms with Gasteiger partial charge in [-0.3, -0.25) is 5.41 Å². The van der Waals surface area contributed by atoms with Crippen LogP contribution < -0.4 is 11.1 Å². The van der Waals surface area contributed by atoms with Crippen molar-refractivity contribution in [1.82, 2.24) is 4.98 Å². The third-order valence-electron chi connectivity index (χ3n) is 3.30. The molecule has 9 heteroatoms. The highest BCUT2D eigenvalue weighted by atomic mass is 79.9. The Bertz CT molecular complexity index is 907. The van der Waals surface area contributed by atoms with Crippen LogP contribution in [0.3, 0.4) is 0 Å². The van der Waals surface area contributed by atoms with Gasteiger partial charge in [-0.05, 0) is 52.9 Å². The summed E-state index contributed by atoms with van der Waals surface area (Å²) in [5.74, 6) is 0.0960. The number of thiophene rings is 1. The molecule has 0 amide bonds. The summed E-state index contributed by atoms with van der Waals surface area (Å²) < 4.78 is 2.13. The molecule has 3 aromatic rings. The minimum absolute atomic E-state index is 0. The Morgan fingerprint density at radius 1 is 1.36 bits per heavy atom. The number of halogens is 2. The number of aromatic nitrogens is 1. The average Bonchev–Trinajstić information content (AvgIpc) is 3.16. The Morgan fingerprint density at radius 2 is 2.12 bits per heavy atom. The molecule has 0 atom stereocenters. The van der Waals surface area contributed by atoms with Gasteiger partial charge in [0.15, 0.2) is 5.13 Å². The smallest absolute Gasteiger partial charge is 0.187 e. The van der Waals surface area contributed by atoms with Crippen LogP contribution in [0.15, 0.2) is 38.3 Å². The Hall–Kier alpha value is -1.06. The van der Waals surface area contributed by atoms with Gasteiger partial charge in [-0.15, -0.1) is 46.8 Å². The first-order valence-electron chi connectivity index (χ1n) is 6.99. The zero-order chi connectivity index (χ0) is 17.3. The summed E-state index contributed by atoms with van der Waals surface area (Å²) in [6, 6.07) is 8.11. The van der Waals surface area contributed by atoms with E-state index in [0.717, 1.165) is 35.6 Å². The molecule has 0 saturated heterocycles. The molecule has 25 heavy (non-hydrogen) atoms. The predicted octanol–water partition coefficient (Wildman–Crippen LogP) is 6.11. The number of amidine groups is 1. The predicted molar refractivity (Wildman–Crippen MR) is 118 cm³/mol. The largest absolute Gasteiger partial charge is 0.383 e. The molecule has 0 bridgehead atoms. The Balaban J connectivity index is 0.00000225. The van der Waals surface area contributed by atoms with Gasteiger partial charge in [-0.2, -0.15) is 0 Å². The normalized spacial score (nSPS) is 10.4. The monoisotopic (exact) mass is 474 g/mol. The summed E-state index contributed by atoms with van der Waals surface area (Å²) in [6.45, 7) is 2.06. The summed E-state index contributed by atoms with van der Waals surface area (Å²) in [6.07, 6.45) is 2.02. The summed E-state index contributed by atoms with van der Waals surface area (Å²) >= 11 is 8.31. The molecule has 0 aliphatic heterocycles. The number of nitrogen functional groups attached to an aromatic ring is 1. The molecule has 132 valence electrons. The molecule has 0 radical (unpaired) electrons. The second-order valence-corrected chi connectivity index (χ2v) is 8.92. The van der Waals surface area contributed by atoms with Crippen LogP contribution in [0.1, 0.15) is 10.4 Å². The number of benzene rings is 1. The third kappa shape index (κ3) is 4.57. The number of thioether (sulfide) groups is 1. The van der Waals surface area contributed by atoms with Gasteiger partial charge in [0, 0.05) is 15.4 Å². The lowest BCUT2D eigenvalue weighted by Crippen LogP contribution is -2.08. The first-order valence-corrected chi connectivity index (χ1v) is 10.7. The third-order valence-corrected chi connectivity index (χ3v) is 7.01. The highest BCUT2D eigenvalue weighted by Gasteiger charge is 2.15. The van der Waals surface area contributed by atoms with Crippen LogP contribution in [-0.2, 0) is 0 Å². The lowest BCUT2D eigenvalue weighted by molar-refractivity contribution is 1.36. The van der Waals surface area contributed by atoms with Crippen molar-refractivity contribution in [3.63, 3.8) is 0 Å². The molecule has 4 nitrogen and oxygen atoms in total. The molecule has 0 saturated carbocycles. The van der Waals surface area contributed by atoms with Gasteiger partial charge in [0.2, 0.25) is 0 Å². The molecule has 2 aromatic heterocycles. The summed E-state index contributed by atoms with van der Waals surface area (Å²) in [5, 5.41) is 13.8. The first-order chi connectivity index (χ1) is 11.5. The minimum Gasteiger partial charge on any atom is -0.383 e. The number of hydrogen-bond acceptors (Lipinski definition) is 6. The number of rotatable bonds is 5. The van der Waals surface area contributed by atoms with Crippen LogP contribution in [0.2, 0.25) is 0 Å². The molecule has 1 aromatic carbocycles. The van der Waals surface area contributed by atoms with Crippen LogP contribution in [0.5, 0.6) is 0 Å². The number of aryl methyl sites for hydroxylation is 1. The molecular weight excluding hydrogens is 460 g/mol. The maximum atomic E-state index is 7.62. The van der Waals surface area contributed by atoms with Crippen molar-refractivity contribution >= 4 is 79.4 Å². The number of hydrogen-bond donors (Lipinski definition) is 3. The van der Waals surface area contributed by atoms with E-state index in [4.69, 9.17) is 11.1 Å². The molecule has 3 rings (SSSR count). The Morgan fingerprint density at radius 3 is 2.76 bits per heavy atom. The van der Waals surface area contributed by atoms with Crippen LogP contribution >= 0.6 is 62.8 Å². The number of thiazole rings is 1. The van der Waals surface area contributed by atoms with Crippen molar-refractivity contribution in [2.45, 2.75) is 11.1 Å². The zero-order valence-electron chi connectivity index (χ0n) is 13.4. The van der Waals surface area contributed by atoms with E-state index in [1.54, 1.807) is 23.1 Å². The summed E-state index contributed by atoms with van der Waals surface area (Å²) in [7, 11) is 0. The van der Waals surface area contributed by atoms with Gasteiger partial charge < -0.3 is 11.1 Å². The summed E-state index contributed by atoms with van der Waals surface area (Å²) in [4.78, 5) is 5.47. The number of nitrogens with two attached hydrogens (primary N) is 1. The maximum absolute atomic E-state index is 7.62. The summed E-state index contributed by atoms with van der Waals surface area (Å²) in [5.41, 5.74) is 9.74. The van der Waals surface area contributed by atoms with Crippen molar-refractivity contribution in [3.05, 3.63) is 44.6 Å². The quantitative estimate of drug-likeness (QED) is 0.236. The maximum Gasteiger partial charge on any atom is 0.187 e. The van der Waals surface area contributed by atoms with Crippen LogP contribution in [0.4, 0.5) is 10.8 Å². The molecule has 0 spiro atoms. The van der Waals surface area contributed by atoms with Crippen molar-refractivity contribution in [1.29, 1.82) is 5.41 Å². The average molecular weight is 476 g/mol. The van der Waals surface area contributed by atoms with E-state index in [-0.39, 0.29) is 18.2 Å². The van der Waals surface area contributed by atoms with Crippen LogP contribution in [0, 0.1) is 12.3 Å². The van der Waals surface area contributed by atoms with Crippen molar-refractivity contribution in [3.8, 4) is 11.3 Å². The van der Waals surface area contributed by atoms with Crippen molar-refractivity contribution < 1.29 is 0 Å². The van der Waals surface area contributed by atoms with Gasteiger partial charge in [0.25, 0.3) is 0 Å². The molecule has 4 N–H and O–H groups in total. The number of nitrogens with zero attached hydrogens (tertiary/aromatic N) is 1. The molecule has 0 aliphatic rings. The van der Waals surface area contributed by atoms with Gasteiger partial charge >= 0.3 is 0 Å². The van der Waals surface area contributed by atoms with Crippen LogP contribution in [-0.4, -0.2) is 17.1 Å². The Labute approximate surface area is 173 Å². The van der Waals surface area contributed by atoms with E-state index in [9.17, 15) is 0 Å².